The van der Waals surface area contributed by atoms with Crippen molar-refractivity contribution < 1.29 is 0 Å². The Morgan fingerprint density at radius 1 is 0.333 bits per heavy atom. The first kappa shape index (κ1) is 27.3. The molecule has 0 unspecified atom stereocenters. The van der Waals surface area contributed by atoms with Crippen molar-refractivity contribution >= 4 is 44.3 Å². The highest BCUT2D eigenvalue weighted by Gasteiger charge is 2.22. The summed E-state index contributed by atoms with van der Waals surface area (Å²) >= 11 is 1.88. The lowest BCUT2D eigenvalue weighted by atomic mass is 9.89. The Morgan fingerprint density at radius 3 is 1.79 bits per heavy atom. The lowest BCUT2D eigenvalue weighted by Crippen LogP contribution is -1.95. The van der Waals surface area contributed by atoms with Crippen LogP contribution in [-0.2, 0) is 0 Å². The second kappa shape index (κ2) is 10.9. The Bertz CT molecular complexity index is 2690. The van der Waals surface area contributed by atoms with Gasteiger partial charge in [-0.1, -0.05) is 139 Å². The van der Waals surface area contributed by atoms with Gasteiger partial charge >= 0.3 is 0 Å². The highest BCUT2D eigenvalue weighted by Crippen LogP contribution is 2.51. The average Bonchev–Trinajstić information content (AvgIpc) is 3.49. The molecule has 0 saturated carbocycles. The summed E-state index contributed by atoms with van der Waals surface area (Å²) in [7, 11) is 0. The minimum Gasteiger partial charge on any atom is -0.309 e. The van der Waals surface area contributed by atoms with Crippen LogP contribution in [0.25, 0.3) is 82.8 Å². The van der Waals surface area contributed by atoms with Gasteiger partial charge in [0, 0.05) is 31.6 Å². The van der Waals surface area contributed by atoms with Gasteiger partial charge in [0.25, 0.3) is 0 Å². The van der Waals surface area contributed by atoms with Crippen molar-refractivity contribution in [2.24, 2.45) is 0 Å². The molecule has 0 fully saturated rings. The van der Waals surface area contributed by atoms with Crippen LogP contribution in [0, 0.1) is 0 Å². The van der Waals surface area contributed by atoms with Gasteiger partial charge in [-0.2, -0.15) is 0 Å². The van der Waals surface area contributed by atoms with E-state index in [2.05, 4.69) is 180 Å². The van der Waals surface area contributed by atoms with Crippen LogP contribution in [0.2, 0.25) is 0 Å². The maximum atomic E-state index is 2.41. The maximum Gasteiger partial charge on any atom is 0.0541 e. The molecule has 224 valence electrons. The Kier molecular flexibility index (Phi) is 6.18. The quantitative estimate of drug-likeness (QED) is 0.188. The molecule has 1 aromatic heterocycles. The Balaban J connectivity index is 1.13. The number of hydrogen-bond acceptors (Lipinski definition) is 1. The van der Waals surface area contributed by atoms with Gasteiger partial charge in [0.05, 0.1) is 11.0 Å². The number of aromatic nitrogens is 1. The number of hydrogen-bond donors (Lipinski definition) is 0. The van der Waals surface area contributed by atoms with Crippen LogP contribution in [-0.4, -0.2) is 4.57 Å². The summed E-state index contributed by atoms with van der Waals surface area (Å²) < 4.78 is 2.38. The first-order valence-electron chi connectivity index (χ1n) is 16.4. The van der Waals surface area contributed by atoms with Crippen molar-refractivity contribution in [3.05, 3.63) is 176 Å². The number of para-hydroxylation sites is 2. The van der Waals surface area contributed by atoms with Crippen LogP contribution in [0.3, 0.4) is 0 Å². The molecule has 0 amide bonds. The zero-order valence-electron chi connectivity index (χ0n) is 26.1. The Labute approximate surface area is 283 Å². The molecule has 0 aliphatic carbocycles. The van der Waals surface area contributed by atoms with E-state index in [1.165, 1.54) is 92.6 Å². The third kappa shape index (κ3) is 4.20. The van der Waals surface area contributed by atoms with Crippen LogP contribution in [0.5, 0.6) is 0 Å². The van der Waals surface area contributed by atoms with Crippen LogP contribution < -0.4 is 0 Å². The fourth-order valence-corrected chi connectivity index (χ4v) is 8.76. The molecule has 0 N–H and O–H groups in total. The van der Waals surface area contributed by atoms with Gasteiger partial charge < -0.3 is 4.57 Å². The normalized spacial score (nSPS) is 12.1. The Hall–Kier alpha value is -5.83. The molecule has 0 spiro atoms. The van der Waals surface area contributed by atoms with Crippen molar-refractivity contribution in [3.63, 3.8) is 0 Å². The van der Waals surface area contributed by atoms with Crippen molar-refractivity contribution in [2.75, 3.05) is 0 Å². The van der Waals surface area contributed by atoms with Gasteiger partial charge in [-0.15, -0.1) is 0 Å². The first-order chi connectivity index (χ1) is 23.8. The van der Waals surface area contributed by atoms with Crippen molar-refractivity contribution in [1.82, 2.24) is 4.57 Å². The third-order valence-corrected chi connectivity index (χ3v) is 10.9. The largest absolute Gasteiger partial charge is 0.309 e. The van der Waals surface area contributed by atoms with Gasteiger partial charge in [0.15, 0.2) is 0 Å². The molecule has 1 nitrogen and oxygen atoms in total. The van der Waals surface area contributed by atoms with E-state index in [0.717, 1.165) is 0 Å². The number of fused-ring (bicyclic) bond motifs is 5. The molecule has 1 aliphatic rings. The Morgan fingerprint density at radius 2 is 0.958 bits per heavy atom. The average molecular weight is 628 g/mol. The standard InChI is InChI=1S/C46H29NS/c1-3-12-30(13-4-1)36-24-27-45-46-38(36)19-11-20-39(46)41-29-32(23-26-44(41)48-45)35-17-8-7-16-34(35)31-22-25-43-40(28-31)37-18-9-10-21-42(37)47(43)33-14-5-2-6-15-33/h1-29H. The number of nitrogens with zero attached hydrogens (tertiary/aromatic N) is 1. The van der Waals surface area contributed by atoms with E-state index >= 15 is 0 Å². The van der Waals surface area contributed by atoms with E-state index in [0.29, 0.717) is 0 Å². The van der Waals surface area contributed by atoms with E-state index in [9.17, 15) is 0 Å². The maximum absolute atomic E-state index is 2.41. The molecule has 0 atom stereocenters. The summed E-state index contributed by atoms with van der Waals surface area (Å²) in [5.74, 6) is 0. The van der Waals surface area contributed by atoms with E-state index in [-0.39, 0.29) is 0 Å². The lowest BCUT2D eigenvalue weighted by Gasteiger charge is -2.23. The van der Waals surface area contributed by atoms with Crippen LogP contribution in [0.1, 0.15) is 0 Å². The molecule has 0 radical (unpaired) electrons. The molecule has 2 heteroatoms. The summed E-state index contributed by atoms with van der Waals surface area (Å²) in [6.07, 6.45) is 0. The SMILES string of the molecule is c1ccc(-c2ccc3c4c(cccc24)-c2cc(-c4ccccc4-c4ccc5c(c4)c4ccccc4n5-c4ccccc4)ccc2S3)cc1. The van der Waals surface area contributed by atoms with Gasteiger partial charge in [-0.25, -0.2) is 0 Å². The molecule has 0 saturated heterocycles. The molecule has 1 aliphatic heterocycles. The predicted molar refractivity (Wildman–Crippen MR) is 204 cm³/mol. The second-order valence-electron chi connectivity index (χ2n) is 12.5. The van der Waals surface area contributed by atoms with Crippen molar-refractivity contribution in [3.8, 4) is 50.2 Å². The first-order valence-corrected chi connectivity index (χ1v) is 17.3. The monoisotopic (exact) mass is 627 g/mol. The molecule has 9 aromatic rings. The van der Waals surface area contributed by atoms with E-state index in [1.807, 2.05) is 11.8 Å². The predicted octanol–water partition coefficient (Wildman–Crippen LogP) is 13.1. The molecule has 8 aromatic carbocycles. The van der Waals surface area contributed by atoms with Gasteiger partial charge in [0.2, 0.25) is 0 Å². The fourth-order valence-electron chi connectivity index (χ4n) is 7.65. The lowest BCUT2D eigenvalue weighted by molar-refractivity contribution is 1.18. The summed E-state index contributed by atoms with van der Waals surface area (Å²) in [5.41, 5.74) is 13.7. The molecular formula is C46H29NS. The zero-order chi connectivity index (χ0) is 31.6. The minimum atomic E-state index is 1.18. The van der Waals surface area contributed by atoms with Crippen LogP contribution in [0.4, 0.5) is 0 Å². The number of rotatable bonds is 4. The minimum absolute atomic E-state index is 1.18. The van der Waals surface area contributed by atoms with E-state index in [1.54, 1.807) is 0 Å². The number of benzene rings is 8. The zero-order valence-corrected chi connectivity index (χ0v) is 26.9. The summed E-state index contributed by atoms with van der Waals surface area (Å²) in [6, 6.07) is 64.4. The highest BCUT2D eigenvalue weighted by molar-refractivity contribution is 7.99. The van der Waals surface area contributed by atoms with E-state index in [4.69, 9.17) is 0 Å². The molecule has 0 bridgehead atoms. The van der Waals surface area contributed by atoms with Gasteiger partial charge in [-0.05, 0) is 98.4 Å². The fraction of sp³-hybridized carbons (Fsp3) is 0. The summed E-state index contributed by atoms with van der Waals surface area (Å²) in [5, 5.41) is 5.19. The van der Waals surface area contributed by atoms with Gasteiger partial charge in [0.1, 0.15) is 0 Å². The van der Waals surface area contributed by atoms with Crippen molar-refractivity contribution in [2.45, 2.75) is 9.79 Å². The second-order valence-corrected chi connectivity index (χ2v) is 13.6. The highest BCUT2D eigenvalue weighted by atomic mass is 32.2. The smallest absolute Gasteiger partial charge is 0.0541 e. The molecule has 10 rings (SSSR count). The molecular weight excluding hydrogens is 599 g/mol. The summed E-state index contributed by atoms with van der Waals surface area (Å²) in [6.45, 7) is 0. The van der Waals surface area contributed by atoms with Gasteiger partial charge in [-0.3, -0.25) is 0 Å². The van der Waals surface area contributed by atoms with Crippen LogP contribution >= 0.6 is 11.8 Å². The van der Waals surface area contributed by atoms with E-state index < -0.39 is 0 Å². The van der Waals surface area contributed by atoms with Crippen molar-refractivity contribution in [1.29, 1.82) is 0 Å². The molecule has 2 heterocycles. The summed E-state index contributed by atoms with van der Waals surface area (Å²) in [4.78, 5) is 2.63. The third-order valence-electron chi connectivity index (χ3n) is 9.81. The topological polar surface area (TPSA) is 4.93 Å². The molecule has 48 heavy (non-hydrogen) atoms. The van der Waals surface area contributed by atoms with Crippen LogP contribution in [0.15, 0.2) is 186 Å².